The summed E-state index contributed by atoms with van der Waals surface area (Å²) in [5.74, 6) is 0.230. The fourth-order valence-electron chi connectivity index (χ4n) is 3.09. The molecule has 3 aromatic rings. The molecule has 0 unspecified atom stereocenters. The number of hydrogen-bond donors (Lipinski definition) is 1. The highest BCUT2D eigenvalue weighted by molar-refractivity contribution is 5.82. The van der Waals surface area contributed by atoms with Gasteiger partial charge in [0.1, 0.15) is 0 Å². The standard InChI is InChI=1S/C19H17F3N4O/c20-19(21,22)14-7-13(8-16(9-14)26-3-5-27-6-4-26)18-24-11-12-1-2-15(23)10-17(12)25-18/h1-2,7-11H,3-6,23H2. The highest BCUT2D eigenvalue weighted by Gasteiger charge is 2.32. The number of nitrogen functional groups attached to an aromatic ring is 1. The van der Waals surface area contributed by atoms with Crippen LogP contribution in [0.1, 0.15) is 5.56 Å². The number of nitrogens with two attached hydrogens (primary N) is 1. The van der Waals surface area contributed by atoms with Gasteiger partial charge < -0.3 is 15.4 Å². The normalized spacial score (nSPS) is 15.3. The molecule has 2 N–H and O–H groups in total. The first-order valence-electron chi connectivity index (χ1n) is 8.48. The largest absolute Gasteiger partial charge is 0.416 e. The maximum absolute atomic E-state index is 13.4. The molecule has 0 bridgehead atoms. The van der Waals surface area contributed by atoms with Gasteiger partial charge in [-0.25, -0.2) is 9.97 Å². The van der Waals surface area contributed by atoms with E-state index in [-0.39, 0.29) is 5.82 Å². The number of benzene rings is 2. The average Bonchev–Trinajstić information content (AvgIpc) is 2.67. The number of rotatable bonds is 2. The first-order chi connectivity index (χ1) is 12.9. The summed E-state index contributed by atoms with van der Waals surface area (Å²) in [4.78, 5) is 10.5. The monoisotopic (exact) mass is 374 g/mol. The highest BCUT2D eigenvalue weighted by atomic mass is 19.4. The van der Waals surface area contributed by atoms with Gasteiger partial charge >= 0.3 is 6.18 Å². The van der Waals surface area contributed by atoms with Crippen LogP contribution in [0.15, 0.2) is 42.6 Å². The van der Waals surface area contributed by atoms with Gasteiger partial charge in [0.05, 0.1) is 24.3 Å². The average molecular weight is 374 g/mol. The molecule has 140 valence electrons. The molecule has 0 saturated carbocycles. The lowest BCUT2D eigenvalue weighted by Gasteiger charge is -2.29. The van der Waals surface area contributed by atoms with Crippen molar-refractivity contribution in [3.63, 3.8) is 0 Å². The molecule has 1 fully saturated rings. The van der Waals surface area contributed by atoms with Crippen LogP contribution in [0.5, 0.6) is 0 Å². The summed E-state index contributed by atoms with van der Waals surface area (Å²) in [6, 6.07) is 9.11. The Morgan fingerprint density at radius 1 is 1.04 bits per heavy atom. The second-order valence-electron chi connectivity index (χ2n) is 6.38. The van der Waals surface area contributed by atoms with E-state index in [2.05, 4.69) is 9.97 Å². The van der Waals surface area contributed by atoms with Crippen molar-refractivity contribution >= 4 is 22.3 Å². The van der Waals surface area contributed by atoms with E-state index in [1.54, 1.807) is 30.5 Å². The molecule has 1 aliphatic heterocycles. The van der Waals surface area contributed by atoms with Crippen LogP contribution >= 0.6 is 0 Å². The third kappa shape index (κ3) is 3.66. The molecule has 1 aromatic heterocycles. The van der Waals surface area contributed by atoms with Gasteiger partial charge in [0.25, 0.3) is 0 Å². The van der Waals surface area contributed by atoms with Gasteiger partial charge in [-0.1, -0.05) is 0 Å². The Balaban J connectivity index is 1.83. The summed E-state index contributed by atoms with van der Waals surface area (Å²) in [6.45, 7) is 2.04. The number of halogens is 3. The van der Waals surface area contributed by atoms with Gasteiger partial charge in [0, 0.05) is 41.6 Å². The topological polar surface area (TPSA) is 64.3 Å². The predicted molar refractivity (Wildman–Crippen MR) is 97.4 cm³/mol. The van der Waals surface area contributed by atoms with Crippen LogP contribution in [0.4, 0.5) is 24.5 Å². The van der Waals surface area contributed by atoms with Gasteiger partial charge in [-0.2, -0.15) is 13.2 Å². The lowest BCUT2D eigenvalue weighted by molar-refractivity contribution is -0.137. The number of alkyl halides is 3. The van der Waals surface area contributed by atoms with E-state index in [1.165, 1.54) is 0 Å². The first kappa shape index (κ1) is 17.5. The van der Waals surface area contributed by atoms with Crippen LogP contribution < -0.4 is 10.6 Å². The number of ether oxygens (including phenoxy) is 1. The molecular weight excluding hydrogens is 357 g/mol. The number of nitrogens with zero attached hydrogens (tertiary/aromatic N) is 3. The van der Waals surface area contributed by atoms with Gasteiger partial charge in [0.2, 0.25) is 0 Å². The molecule has 0 atom stereocenters. The van der Waals surface area contributed by atoms with E-state index in [9.17, 15) is 13.2 Å². The molecule has 4 rings (SSSR count). The van der Waals surface area contributed by atoms with Gasteiger partial charge in [-0.3, -0.25) is 0 Å². The molecule has 5 nitrogen and oxygen atoms in total. The van der Waals surface area contributed by atoms with E-state index < -0.39 is 11.7 Å². The van der Waals surface area contributed by atoms with Crippen LogP contribution in [0.3, 0.4) is 0 Å². The fourth-order valence-corrected chi connectivity index (χ4v) is 3.09. The van der Waals surface area contributed by atoms with Crippen LogP contribution in [-0.2, 0) is 10.9 Å². The zero-order valence-electron chi connectivity index (χ0n) is 14.3. The fraction of sp³-hybridized carbons (Fsp3) is 0.263. The molecular formula is C19H17F3N4O. The van der Waals surface area contributed by atoms with E-state index in [4.69, 9.17) is 10.5 Å². The zero-order chi connectivity index (χ0) is 19.0. The van der Waals surface area contributed by atoms with Gasteiger partial charge in [-0.15, -0.1) is 0 Å². The maximum atomic E-state index is 13.4. The summed E-state index contributed by atoms with van der Waals surface area (Å²) < 4.78 is 45.6. The van der Waals surface area contributed by atoms with Crippen molar-refractivity contribution < 1.29 is 17.9 Å². The number of hydrogen-bond acceptors (Lipinski definition) is 5. The van der Waals surface area contributed by atoms with Crippen LogP contribution in [0.2, 0.25) is 0 Å². The van der Waals surface area contributed by atoms with Crippen LogP contribution in [-0.4, -0.2) is 36.3 Å². The molecule has 0 aliphatic carbocycles. The summed E-state index contributed by atoms with van der Waals surface area (Å²) in [7, 11) is 0. The third-order valence-electron chi connectivity index (χ3n) is 4.49. The third-order valence-corrected chi connectivity index (χ3v) is 4.49. The number of fused-ring (bicyclic) bond motifs is 1. The molecule has 27 heavy (non-hydrogen) atoms. The number of morpholine rings is 1. The first-order valence-corrected chi connectivity index (χ1v) is 8.48. The zero-order valence-corrected chi connectivity index (χ0v) is 14.3. The molecule has 0 spiro atoms. The van der Waals surface area contributed by atoms with Crippen LogP contribution in [0.25, 0.3) is 22.3 Å². The van der Waals surface area contributed by atoms with Crippen molar-refractivity contribution in [2.75, 3.05) is 36.9 Å². The van der Waals surface area contributed by atoms with Crippen molar-refractivity contribution in [3.05, 3.63) is 48.2 Å². The quantitative estimate of drug-likeness (QED) is 0.693. The van der Waals surface area contributed by atoms with Crippen molar-refractivity contribution in [2.24, 2.45) is 0 Å². The molecule has 2 heterocycles. The Hall–Kier alpha value is -2.87. The van der Waals surface area contributed by atoms with Gasteiger partial charge in [-0.05, 0) is 36.4 Å². The Bertz CT molecular complexity index is 984. The van der Waals surface area contributed by atoms with Crippen molar-refractivity contribution in [1.29, 1.82) is 0 Å². The van der Waals surface area contributed by atoms with Gasteiger partial charge in [0.15, 0.2) is 5.82 Å². The second-order valence-corrected chi connectivity index (χ2v) is 6.38. The van der Waals surface area contributed by atoms with E-state index >= 15 is 0 Å². The predicted octanol–water partition coefficient (Wildman–Crippen LogP) is 3.73. The summed E-state index contributed by atoms with van der Waals surface area (Å²) in [5, 5.41) is 0.772. The Kier molecular flexibility index (Phi) is 4.35. The second kappa shape index (κ2) is 6.70. The molecule has 8 heteroatoms. The minimum Gasteiger partial charge on any atom is -0.399 e. The maximum Gasteiger partial charge on any atom is 0.416 e. The van der Waals surface area contributed by atoms with Crippen molar-refractivity contribution in [2.45, 2.75) is 6.18 Å². The highest BCUT2D eigenvalue weighted by Crippen LogP contribution is 2.35. The van der Waals surface area contributed by atoms with E-state index in [0.29, 0.717) is 48.8 Å². The minimum absolute atomic E-state index is 0.230. The molecule has 1 aliphatic rings. The lowest BCUT2D eigenvalue weighted by atomic mass is 10.1. The molecule has 0 radical (unpaired) electrons. The number of anilines is 2. The van der Waals surface area contributed by atoms with Crippen LogP contribution in [0, 0.1) is 0 Å². The lowest BCUT2D eigenvalue weighted by Crippen LogP contribution is -2.36. The Labute approximate surface area is 153 Å². The smallest absolute Gasteiger partial charge is 0.399 e. The summed E-state index contributed by atoms with van der Waals surface area (Å²) in [5.41, 5.74) is 6.99. The Morgan fingerprint density at radius 2 is 1.81 bits per heavy atom. The SMILES string of the molecule is Nc1ccc2cnc(-c3cc(N4CCOCC4)cc(C(F)(F)F)c3)nc2c1. The molecule has 0 amide bonds. The van der Waals surface area contributed by atoms with Crippen molar-refractivity contribution in [3.8, 4) is 11.4 Å². The summed E-state index contributed by atoms with van der Waals surface area (Å²) >= 11 is 0. The molecule has 2 aromatic carbocycles. The summed E-state index contributed by atoms with van der Waals surface area (Å²) in [6.07, 6.45) is -2.87. The van der Waals surface area contributed by atoms with Crippen molar-refractivity contribution in [1.82, 2.24) is 9.97 Å². The van der Waals surface area contributed by atoms with E-state index in [0.717, 1.165) is 17.5 Å². The molecule has 1 saturated heterocycles. The minimum atomic E-state index is -4.46. The Morgan fingerprint density at radius 3 is 2.56 bits per heavy atom. The number of aromatic nitrogens is 2. The van der Waals surface area contributed by atoms with E-state index in [1.807, 2.05) is 4.90 Å².